The van der Waals surface area contributed by atoms with Crippen molar-refractivity contribution in [1.82, 2.24) is 0 Å². The van der Waals surface area contributed by atoms with Gasteiger partial charge in [-0.3, -0.25) is 0 Å². The summed E-state index contributed by atoms with van der Waals surface area (Å²) < 4.78 is 10.4. The monoisotopic (exact) mass is 222 g/mol. The minimum absolute atomic E-state index is 0.343. The predicted molar refractivity (Wildman–Crippen MR) is 68.9 cm³/mol. The van der Waals surface area contributed by atoms with Crippen molar-refractivity contribution in [1.29, 1.82) is 0 Å². The van der Waals surface area contributed by atoms with Gasteiger partial charge in [0.1, 0.15) is 18.5 Å². The van der Waals surface area contributed by atoms with E-state index in [4.69, 9.17) is 9.47 Å². The van der Waals surface area contributed by atoms with Gasteiger partial charge in [0.15, 0.2) is 0 Å². The largest absolute Gasteiger partial charge is 0.491 e. The molecule has 0 radical (unpaired) electrons. The first-order valence-corrected chi connectivity index (χ1v) is 5.73. The lowest BCUT2D eigenvalue weighted by Crippen LogP contribution is -2.03. The number of rotatable bonds is 3. The van der Waals surface area contributed by atoms with Crippen molar-refractivity contribution in [3.63, 3.8) is 0 Å². The van der Waals surface area contributed by atoms with Crippen LogP contribution >= 0.6 is 0 Å². The van der Waals surface area contributed by atoms with Crippen molar-refractivity contribution in [3.8, 4) is 5.75 Å². The highest BCUT2D eigenvalue weighted by atomic mass is 16.6. The Hall–Kier alpha value is -1.28. The van der Waals surface area contributed by atoms with Gasteiger partial charge >= 0.3 is 0 Å². The lowest BCUT2D eigenvalue weighted by atomic mass is 10.3. The van der Waals surface area contributed by atoms with Crippen LogP contribution < -0.4 is 4.74 Å². The highest BCUT2D eigenvalue weighted by Crippen LogP contribution is 2.13. The third kappa shape index (κ3) is 8.06. The molecule has 16 heavy (non-hydrogen) atoms. The first-order chi connectivity index (χ1) is 7.86. The minimum Gasteiger partial charge on any atom is -0.491 e. The summed E-state index contributed by atoms with van der Waals surface area (Å²) in [5, 5.41) is 0. The van der Waals surface area contributed by atoms with Crippen LogP contribution in [-0.2, 0) is 4.74 Å². The van der Waals surface area contributed by atoms with E-state index in [1.54, 1.807) is 6.08 Å². The summed E-state index contributed by atoms with van der Waals surface area (Å²) in [6, 6.07) is 9.79. The molecule has 1 aliphatic rings. The lowest BCUT2D eigenvalue weighted by Gasteiger charge is -2.01. The molecular weight excluding hydrogens is 200 g/mol. The molecule has 1 heterocycles. The summed E-state index contributed by atoms with van der Waals surface area (Å²) in [7, 11) is 0. The molecule has 0 N–H and O–H groups in total. The molecule has 1 unspecified atom stereocenters. The molecule has 1 fully saturated rings. The molecule has 1 aliphatic heterocycles. The fourth-order valence-corrected chi connectivity index (χ4v) is 0.870. The molecule has 0 aliphatic carbocycles. The average Bonchev–Trinajstić information content (AvgIpc) is 3.15. The highest BCUT2D eigenvalue weighted by molar-refractivity contribution is 5.20. The van der Waals surface area contributed by atoms with E-state index in [1.807, 2.05) is 51.1 Å². The summed E-state index contributed by atoms with van der Waals surface area (Å²) in [6.07, 6.45) is 2.09. The Morgan fingerprint density at radius 2 is 1.88 bits per heavy atom. The summed E-state index contributed by atoms with van der Waals surface area (Å²) in [5.41, 5.74) is 0. The fraction of sp³-hybridized carbons (Fsp3) is 0.429. The number of hydrogen-bond donors (Lipinski definition) is 0. The van der Waals surface area contributed by atoms with Crippen molar-refractivity contribution in [2.75, 3.05) is 13.2 Å². The van der Waals surface area contributed by atoms with Gasteiger partial charge in [0.05, 0.1) is 6.61 Å². The predicted octanol–water partition coefficient (Wildman–Crippen LogP) is 3.68. The summed E-state index contributed by atoms with van der Waals surface area (Å²) in [5.74, 6) is 0.919. The van der Waals surface area contributed by atoms with Crippen LogP contribution in [0.1, 0.15) is 20.8 Å². The SMILES string of the molecule is C=CC.CC.c1ccc(OCC2CO2)cc1. The van der Waals surface area contributed by atoms with Crippen LogP contribution in [0, 0.1) is 0 Å². The lowest BCUT2D eigenvalue weighted by molar-refractivity contribution is 0.263. The smallest absolute Gasteiger partial charge is 0.119 e. The molecule has 90 valence electrons. The first-order valence-electron chi connectivity index (χ1n) is 5.73. The maximum atomic E-state index is 5.40. The van der Waals surface area contributed by atoms with Crippen molar-refractivity contribution in [3.05, 3.63) is 43.0 Å². The Kier molecular flexibility index (Phi) is 9.43. The van der Waals surface area contributed by atoms with E-state index in [0.29, 0.717) is 12.7 Å². The maximum absolute atomic E-state index is 5.40. The van der Waals surface area contributed by atoms with Crippen LogP contribution in [-0.4, -0.2) is 19.3 Å². The Balaban J connectivity index is 0.000000394. The fourth-order valence-electron chi connectivity index (χ4n) is 0.870. The normalized spacial score (nSPS) is 15.8. The second-order valence-corrected chi connectivity index (χ2v) is 2.99. The Labute approximate surface area is 98.9 Å². The summed E-state index contributed by atoms with van der Waals surface area (Å²) in [4.78, 5) is 0. The quantitative estimate of drug-likeness (QED) is 0.575. The second kappa shape index (κ2) is 10.2. The average molecular weight is 222 g/mol. The van der Waals surface area contributed by atoms with Crippen LogP contribution in [0.25, 0.3) is 0 Å². The number of benzene rings is 1. The van der Waals surface area contributed by atoms with Crippen molar-refractivity contribution < 1.29 is 9.47 Å². The molecule has 0 saturated carbocycles. The van der Waals surface area contributed by atoms with Crippen LogP contribution in [0.4, 0.5) is 0 Å². The zero-order valence-electron chi connectivity index (χ0n) is 10.5. The van der Waals surface area contributed by atoms with Gasteiger partial charge in [-0.15, -0.1) is 6.58 Å². The van der Waals surface area contributed by atoms with Gasteiger partial charge in [-0.1, -0.05) is 38.1 Å². The zero-order chi connectivity index (χ0) is 12.2. The van der Waals surface area contributed by atoms with E-state index in [2.05, 4.69) is 6.58 Å². The maximum Gasteiger partial charge on any atom is 0.119 e. The Bertz CT molecular complexity index is 253. The van der Waals surface area contributed by atoms with E-state index in [0.717, 1.165) is 12.4 Å². The molecule has 2 nitrogen and oxygen atoms in total. The van der Waals surface area contributed by atoms with Gasteiger partial charge in [0.25, 0.3) is 0 Å². The van der Waals surface area contributed by atoms with Gasteiger partial charge in [-0.2, -0.15) is 0 Å². The Morgan fingerprint density at radius 3 is 2.31 bits per heavy atom. The van der Waals surface area contributed by atoms with Crippen molar-refractivity contribution in [2.24, 2.45) is 0 Å². The number of para-hydroxylation sites is 1. The van der Waals surface area contributed by atoms with E-state index in [-0.39, 0.29) is 0 Å². The van der Waals surface area contributed by atoms with Gasteiger partial charge in [0, 0.05) is 0 Å². The van der Waals surface area contributed by atoms with Crippen molar-refractivity contribution >= 4 is 0 Å². The van der Waals surface area contributed by atoms with Crippen molar-refractivity contribution in [2.45, 2.75) is 26.9 Å². The molecular formula is C14H22O2. The highest BCUT2D eigenvalue weighted by Gasteiger charge is 2.22. The number of epoxide rings is 1. The first kappa shape index (κ1) is 14.7. The van der Waals surface area contributed by atoms with E-state index >= 15 is 0 Å². The molecule has 0 amide bonds. The molecule has 1 aromatic rings. The number of hydrogen-bond acceptors (Lipinski definition) is 2. The third-order valence-corrected chi connectivity index (χ3v) is 1.58. The number of allylic oxidation sites excluding steroid dienone is 1. The molecule has 1 aromatic carbocycles. The molecule has 1 saturated heterocycles. The second-order valence-electron chi connectivity index (χ2n) is 2.99. The molecule has 2 rings (SSSR count). The van der Waals surface area contributed by atoms with Crippen LogP contribution in [0.3, 0.4) is 0 Å². The molecule has 2 heteroatoms. The van der Waals surface area contributed by atoms with E-state index in [9.17, 15) is 0 Å². The zero-order valence-corrected chi connectivity index (χ0v) is 10.5. The minimum atomic E-state index is 0.343. The molecule has 0 aromatic heterocycles. The standard InChI is InChI=1S/C9H10O2.C3H6.C2H6/c1-2-4-8(5-3-1)10-6-9-7-11-9;1-3-2;1-2/h1-5,9H,6-7H2;3H,1H2,2H3;1-2H3. The molecule has 0 bridgehead atoms. The third-order valence-electron chi connectivity index (χ3n) is 1.58. The summed E-state index contributed by atoms with van der Waals surface area (Å²) >= 11 is 0. The van der Waals surface area contributed by atoms with Crippen LogP contribution in [0.15, 0.2) is 43.0 Å². The van der Waals surface area contributed by atoms with Crippen LogP contribution in [0.2, 0.25) is 0 Å². The topological polar surface area (TPSA) is 21.8 Å². The van der Waals surface area contributed by atoms with E-state index < -0.39 is 0 Å². The summed E-state index contributed by atoms with van der Waals surface area (Å²) in [6.45, 7) is 10.8. The van der Waals surface area contributed by atoms with Gasteiger partial charge in [0.2, 0.25) is 0 Å². The van der Waals surface area contributed by atoms with E-state index in [1.165, 1.54) is 0 Å². The van der Waals surface area contributed by atoms with Gasteiger partial charge < -0.3 is 9.47 Å². The molecule has 0 spiro atoms. The van der Waals surface area contributed by atoms with Gasteiger partial charge in [-0.25, -0.2) is 0 Å². The van der Waals surface area contributed by atoms with Gasteiger partial charge in [-0.05, 0) is 19.1 Å². The van der Waals surface area contributed by atoms with Crippen LogP contribution in [0.5, 0.6) is 5.75 Å². The Morgan fingerprint density at radius 1 is 1.38 bits per heavy atom. The number of ether oxygens (including phenoxy) is 2. The molecule has 1 atom stereocenters.